The van der Waals surface area contributed by atoms with Crippen LogP contribution in [-0.2, 0) is 4.79 Å². The quantitative estimate of drug-likeness (QED) is 0.806. The molecule has 0 aromatic heterocycles. The van der Waals surface area contributed by atoms with Crippen LogP contribution >= 0.6 is 0 Å². The summed E-state index contributed by atoms with van der Waals surface area (Å²) in [7, 11) is 0. The number of likely N-dealkylation sites (tertiary alicyclic amines) is 1. The van der Waals surface area contributed by atoms with E-state index in [9.17, 15) is 14.7 Å². The first kappa shape index (κ1) is 13.5. The van der Waals surface area contributed by atoms with Gasteiger partial charge < -0.3 is 15.3 Å². The Bertz CT molecular complexity index is 501. The van der Waals surface area contributed by atoms with Crippen molar-refractivity contribution in [2.24, 2.45) is 0 Å². The summed E-state index contributed by atoms with van der Waals surface area (Å²) in [6.45, 7) is 3.87. The molecule has 2 rings (SSSR count). The van der Waals surface area contributed by atoms with Gasteiger partial charge in [-0.25, -0.2) is 0 Å². The van der Waals surface area contributed by atoms with Crippen LogP contribution in [0.15, 0.2) is 24.3 Å². The van der Waals surface area contributed by atoms with Crippen molar-refractivity contribution >= 4 is 11.8 Å². The van der Waals surface area contributed by atoms with E-state index in [1.807, 2.05) is 25.1 Å². The van der Waals surface area contributed by atoms with Crippen molar-refractivity contribution < 1.29 is 14.7 Å². The topological polar surface area (TPSA) is 69.6 Å². The second-order valence-corrected chi connectivity index (χ2v) is 4.90. The van der Waals surface area contributed by atoms with E-state index in [1.165, 1.54) is 6.92 Å². The maximum atomic E-state index is 12.3. The fraction of sp³-hybridized carbons (Fsp3) is 0.429. The van der Waals surface area contributed by atoms with Crippen LogP contribution in [0.5, 0.6) is 0 Å². The van der Waals surface area contributed by atoms with Crippen LogP contribution < -0.4 is 5.32 Å². The molecule has 5 heteroatoms. The van der Waals surface area contributed by atoms with Gasteiger partial charge in [-0.2, -0.15) is 0 Å². The second kappa shape index (κ2) is 5.40. The van der Waals surface area contributed by atoms with Gasteiger partial charge in [0.1, 0.15) is 0 Å². The highest BCUT2D eigenvalue weighted by Crippen LogP contribution is 2.16. The molecule has 1 aliphatic heterocycles. The molecule has 2 atom stereocenters. The average Bonchev–Trinajstić information content (AvgIpc) is 2.70. The van der Waals surface area contributed by atoms with Crippen molar-refractivity contribution in [3.05, 3.63) is 35.4 Å². The Labute approximate surface area is 112 Å². The number of benzene rings is 1. The lowest BCUT2D eigenvalue weighted by Crippen LogP contribution is -2.41. The number of nitrogens with zero attached hydrogens (tertiary/aromatic N) is 1. The van der Waals surface area contributed by atoms with Crippen molar-refractivity contribution in [1.82, 2.24) is 10.2 Å². The minimum atomic E-state index is -0.711. The highest BCUT2D eigenvalue weighted by Gasteiger charge is 2.35. The molecule has 102 valence electrons. The second-order valence-electron chi connectivity index (χ2n) is 4.90. The van der Waals surface area contributed by atoms with Crippen LogP contribution in [0, 0.1) is 6.92 Å². The maximum absolute atomic E-state index is 12.3. The number of aliphatic hydroxyl groups is 1. The SMILES string of the molecule is CC(=O)N[C@@H]1CN(C(=O)c2ccccc2C)C[C@H]1O. The van der Waals surface area contributed by atoms with Crippen LogP contribution in [-0.4, -0.2) is 47.1 Å². The van der Waals surface area contributed by atoms with Gasteiger partial charge >= 0.3 is 0 Å². The molecular formula is C14H18N2O3. The third-order valence-electron chi connectivity index (χ3n) is 3.34. The van der Waals surface area contributed by atoms with E-state index in [1.54, 1.807) is 11.0 Å². The number of carbonyl (C=O) groups is 2. The van der Waals surface area contributed by atoms with E-state index in [0.29, 0.717) is 12.1 Å². The first-order valence-corrected chi connectivity index (χ1v) is 6.29. The molecule has 1 aliphatic rings. The monoisotopic (exact) mass is 262 g/mol. The molecule has 5 nitrogen and oxygen atoms in total. The smallest absolute Gasteiger partial charge is 0.254 e. The summed E-state index contributed by atoms with van der Waals surface area (Å²) >= 11 is 0. The van der Waals surface area contributed by atoms with Gasteiger partial charge in [-0.15, -0.1) is 0 Å². The zero-order valence-electron chi connectivity index (χ0n) is 11.1. The predicted octanol–water partition coefficient (Wildman–Crippen LogP) is 0.316. The van der Waals surface area contributed by atoms with E-state index < -0.39 is 6.10 Å². The molecule has 1 saturated heterocycles. The number of aryl methyl sites for hydroxylation is 1. The summed E-state index contributed by atoms with van der Waals surface area (Å²) in [6, 6.07) is 6.97. The number of hydrogen-bond donors (Lipinski definition) is 2. The molecule has 0 spiro atoms. The van der Waals surface area contributed by atoms with E-state index in [0.717, 1.165) is 5.56 Å². The molecular weight excluding hydrogens is 244 g/mol. The molecule has 0 bridgehead atoms. The van der Waals surface area contributed by atoms with Crippen molar-refractivity contribution in [2.45, 2.75) is 26.0 Å². The molecule has 2 N–H and O–H groups in total. The van der Waals surface area contributed by atoms with E-state index in [4.69, 9.17) is 0 Å². The Morgan fingerprint density at radius 1 is 1.32 bits per heavy atom. The van der Waals surface area contributed by atoms with Gasteiger partial charge in [0.15, 0.2) is 0 Å². The zero-order valence-corrected chi connectivity index (χ0v) is 11.1. The zero-order chi connectivity index (χ0) is 14.0. The van der Waals surface area contributed by atoms with E-state index in [2.05, 4.69) is 5.32 Å². The number of nitrogens with one attached hydrogen (secondary N) is 1. The van der Waals surface area contributed by atoms with Crippen molar-refractivity contribution in [3.63, 3.8) is 0 Å². The number of carbonyl (C=O) groups excluding carboxylic acids is 2. The largest absolute Gasteiger partial charge is 0.389 e. The van der Waals surface area contributed by atoms with Gasteiger partial charge in [-0.3, -0.25) is 9.59 Å². The molecule has 0 radical (unpaired) electrons. The van der Waals surface area contributed by atoms with Crippen molar-refractivity contribution in [2.75, 3.05) is 13.1 Å². The van der Waals surface area contributed by atoms with Crippen molar-refractivity contribution in [3.8, 4) is 0 Å². The normalized spacial score (nSPS) is 22.4. The summed E-state index contributed by atoms with van der Waals surface area (Å²) in [5.74, 6) is -0.306. The molecule has 2 amide bonds. The third-order valence-corrected chi connectivity index (χ3v) is 3.34. The molecule has 1 aromatic rings. The molecule has 1 aromatic carbocycles. The Balaban J connectivity index is 2.10. The van der Waals surface area contributed by atoms with Crippen LogP contribution in [0.25, 0.3) is 0 Å². The lowest BCUT2D eigenvalue weighted by atomic mass is 10.1. The van der Waals surface area contributed by atoms with Gasteiger partial charge in [0.05, 0.1) is 12.1 Å². The number of amides is 2. The molecule has 19 heavy (non-hydrogen) atoms. The standard InChI is InChI=1S/C14H18N2O3/c1-9-5-3-4-6-11(9)14(19)16-7-12(13(18)8-16)15-10(2)17/h3-6,12-13,18H,7-8H2,1-2H3,(H,15,17)/t12-,13-/m1/s1. The van der Waals surface area contributed by atoms with Gasteiger partial charge in [0.2, 0.25) is 5.91 Å². The first-order valence-electron chi connectivity index (χ1n) is 6.29. The van der Waals surface area contributed by atoms with Gasteiger partial charge in [-0.05, 0) is 18.6 Å². The minimum absolute atomic E-state index is 0.106. The number of β-amino-alcohol motifs (C(OH)–C–C–N with tert-alkyl or cyclic N) is 1. The Hall–Kier alpha value is -1.88. The Kier molecular flexibility index (Phi) is 3.85. The van der Waals surface area contributed by atoms with Gasteiger partial charge in [0, 0.05) is 25.6 Å². The predicted molar refractivity (Wildman–Crippen MR) is 70.7 cm³/mol. The summed E-state index contributed by atoms with van der Waals surface area (Å²) in [5.41, 5.74) is 1.54. The fourth-order valence-corrected chi connectivity index (χ4v) is 2.34. The Morgan fingerprint density at radius 2 is 2.00 bits per heavy atom. The van der Waals surface area contributed by atoms with Crippen LogP contribution in [0.3, 0.4) is 0 Å². The number of hydrogen-bond acceptors (Lipinski definition) is 3. The summed E-state index contributed by atoms with van der Waals surface area (Å²) < 4.78 is 0. The summed E-state index contributed by atoms with van der Waals surface area (Å²) in [5, 5.41) is 12.5. The number of rotatable bonds is 2. The van der Waals surface area contributed by atoms with Crippen molar-refractivity contribution in [1.29, 1.82) is 0 Å². The lowest BCUT2D eigenvalue weighted by Gasteiger charge is -2.17. The summed E-state index contributed by atoms with van der Waals surface area (Å²) in [4.78, 5) is 24.9. The highest BCUT2D eigenvalue weighted by atomic mass is 16.3. The molecule has 1 fully saturated rings. The molecule has 0 saturated carbocycles. The minimum Gasteiger partial charge on any atom is -0.389 e. The van der Waals surface area contributed by atoms with Crippen LogP contribution in [0.4, 0.5) is 0 Å². The Morgan fingerprint density at radius 3 is 2.63 bits per heavy atom. The molecule has 0 aliphatic carbocycles. The first-order chi connectivity index (χ1) is 8.99. The van der Waals surface area contributed by atoms with Gasteiger partial charge in [-0.1, -0.05) is 18.2 Å². The third kappa shape index (κ3) is 2.93. The highest BCUT2D eigenvalue weighted by molar-refractivity contribution is 5.96. The van der Waals surface area contributed by atoms with E-state index >= 15 is 0 Å². The number of aliphatic hydroxyl groups excluding tert-OH is 1. The van der Waals surface area contributed by atoms with Crippen LogP contribution in [0.1, 0.15) is 22.8 Å². The van der Waals surface area contributed by atoms with Crippen LogP contribution in [0.2, 0.25) is 0 Å². The summed E-state index contributed by atoms with van der Waals surface area (Å²) in [6.07, 6.45) is -0.711. The van der Waals surface area contributed by atoms with E-state index in [-0.39, 0.29) is 24.4 Å². The van der Waals surface area contributed by atoms with Gasteiger partial charge in [0.25, 0.3) is 5.91 Å². The fourth-order valence-electron chi connectivity index (χ4n) is 2.34. The maximum Gasteiger partial charge on any atom is 0.254 e. The average molecular weight is 262 g/mol. The molecule has 0 unspecified atom stereocenters. The lowest BCUT2D eigenvalue weighted by molar-refractivity contribution is -0.120. The molecule has 1 heterocycles.